The van der Waals surface area contributed by atoms with Crippen molar-refractivity contribution >= 4 is 22.0 Å². The number of carbonyl (C=O) groups is 2. The van der Waals surface area contributed by atoms with Gasteiger partial charge >= 0.3 is 11.9 Å². The number of sulfonamides is 1. The van der Waals surface area contributed by atoms with Crippen molar-refractivity contribution in [3.8, 4) is 0 Å². The maximum absolute atomic E-state index is 12.1. The van der Waals surface area contributed by atoms with Crippen molar-refractivity contribution in [2.75, 3.05) is 13.7 Å². The monoisotopic (exact) mass is 317 g/mol. The number of aliphatic hydroxyl groups is 1. The van der Waals surface area contributed by atoms with Gasteiger partial charge in [0.1, 0.15) is 6.04 Å². The van der Waals surface area contributed by atoms with Crippen LogP contribution in [-0.4, -0.2) is 50.3 Å². The van der Waals surface area contributed by atoms with Crippen LogP contribution in [0.3, 0.4) is 0 Å². The van der Waals surface area contributed by atoms with Crippen molar-refractivity contribution in [1.82, 2.24) is 4.72 Å². The van der Waals surface area contributed by atoms with Gasteiger partial charge in [-0.3, -0.25) is 4.79 Å². The molecule has 21 heavy (non-hydrogen) atoms. The molecule has 1 atom stereocenters. The Hall–Kier alpha value is -1.97. The zero-order chi connectivity index (χ0) is 16.0. The lowest BCUT2D eigenvalue weighted by Gasteiger charge is -2.14. The number of esters is 1. The summed E-state index contributed by atoms with van der Waals surface area (Å²) in [5.41, 5.74) is 0.0226. The number of aliphatic hydroxyl groups excluding tert-OH is 1. The minimum absolute atomic E-state index is 0.0226. The highest BCUT2D eigenvalue weighted by Gasteiger charge is 2.25. The summed E-state index contributed by atoms with van der Waals surface area (Å²) in [4.78, 5) is 22.0. The van der Waals surface area contributed by atoms with Gasteiger partial charge in [-0.2, -0.15) is 4.72 Å². The summed E-state index contributed by atoms with van der Waals surface area (Å²) in [5, 5.41) is 17.6. The van der Waals surface area contributed by atoms with E-state index in [0.29, 0.717) is 0 Å². The minimum Gasteiger partial charge on any atom is -0.480 e. The maximum atomic E-state index is 12.1. The highest BCUT2D eigenvalue weighted by molar-refractivity contribution is 7.89. The van der Waals surface area contributed by atoms with Crippen LogP contribution in [0.25, 0.3) is 0 Å². The van der Waals surface area contributed by atoms with Gasteiger partial charge in [0, 0.05) is 6.61 Å². The van der Waals surface area contributed by atoms with E-state index in [-0.39, 0.29) is 16.9 Å². The number of benzene rings is 1. The third-order valence-corrected chi connectivity index (χ3v) is 4.05. The number of rotatable bonds is 7. The highest BCUT2D eigenvalue weighted by atomic mass is 32.2. The number of hydrogen-bond acceptors (Lipinski definition) is 6. The maximum Gasteiger partial charge on any atom is 0.337 e. The Morgan fingerprint density at radius 2 is 2.05 bits per heavy atom. The average molecular weight is 317 g/mol. The van der Waals surface area contributed by atoms with Crippen molar-refractivity contribution in [3.63, 3.8) is 0 Å². The Labute approximate surface area is 121 Å². The van der Waals surface area contributed by atoms with Crippen molar-refractivity contribution in [3.05, 3.63) is 29.8 Å². The van der Waals surface area contributed by atoms with Gasteiger partial charge in [-0.25, -0.2) is 13.2 Å². The molecule has 8 nitrogen and oxygen atoms in total. The molecule has 0 aliphatic rings. The quantitative estimate of drug-likeness (QED) is 0.583. The molecule has 0 heterocycles. The van der Waals surface area contributed by atoms with E-state index in [1.54, 1.807) is 0 Å². The number of hydrogen-bond donors (Lipinski definition) is 3. The van der Waals surface area contributed by atoms with Gasteiger partial charge in [0.25, 0.3) is 0 Å². The van der Waals surface area contributed by atoms with Crippen molar-refractivity contribution < 1.29 is 33.0 Å². The molecule has 9 heteroatoms. The molecule has 0 amide bonds. The first-order chi connectivity index (χ1) is 9.81. The second-order valence-corrected chi connectivity index (χ2v) is 5.76. The second kappa shape index (κ2) is 7.16. The summed E-state index contributed by atoms with van der Waals surface area (Å²) >= 11 is 0. The van der Waals surface area contributed by atoms with Crippen LogP contribution in [0.5, 0.6) is 0 Å². The van der Waals surface area contributed by atoms with Gasteiger partial charge in [0.15, 0.2) is 0 Å². The van der Waals surface area contributed by atoms with E-state index in [0.717, 1.165) is 13.2 Å². The number of nitrogens with one attached hydrogen (secondary N) is 1. The van der Waals surface area contributed by atoms with E-state index in [9.17, 15) is 18.0 Å². The van der Waals surface area contributed by atoms with E-state index in [4.69, 9.17) is 10.2 Å². The topological polar surface area (TPSA) is 130 Å². The molecule has 0 saturated carbocycles. The van der Waals surface area contributed by atoms with E-state index in [2.05, 4.69) is 4.74 Å². The molecule has 0 unspecified atom stereocenters. The molecule has 0 aromatic heterocycles. The van der Waals surface area contributed by atoms with Crippen LogP contribution in [0.1, 0.15) is 16.8 Å². The fraction of sp³-hybridized carbons (Fsp3) is 0.333. The number of aliphatic carboxylic acids is 1. The number of ether oxygens (including phenoxy) is 1. The van der Waals surface area contributed by atoms with E-state index in [1.807, 2.05) is 4.72 Å². The largest absolute Gasteiger partial charge is 0.480 e. The van der Waals surface area contributed by atoms with Gasteiger partial charge in [0.05, 0.1) is 17.6 Å². The van der Waals surface area contributed by atoms with Crippen LogP contribution in [0.4, 0.5) is 0 Å². The summed E-state index contributed by atoms with van der Waals surface area (Å²) in [6, 6.07) is 3.54. The minimum atomic E-state index is -4.14. The lowest BCUT2D eigenvalue weighted by molar-refractivity contribution is -0.139. The second-order valence-electron chi connectivity index (χ2n) is 4.04. The molecule has 0 saturated heterocycles. The van der Waals surface area contributed by atoms with Crippen LogP contribution in [0.2, 0.25) is 0 Å². The van der Waals surface area contributed by atoms with Gasteiger partial charge < -0.3 is 14.9 Å². The zero-order valence-corrected chi connectivity index (χ0v) is 12.0. The number of methoxy groups -OCH3 is 1. The molecular weight excluding hydrogens is 302 g/mol. The molecule has 0 spiro atoms. The van der Waals surface area contributed by atoms with Crippen LogP contribution in [0, 0.1) is 0 Å². The molecule has 3 N–H and O–H groups in total. The van der Waals surface area contributed by atoms with Crippen LogP contribution >= 0.6 is 0 Å². The molecule has 116 valence electrons. The summed E-state index contributed by atoms with van der Waals surface area (Å²) in [6.07, 6.45) is -0.273. The van der Waals surface area contributed by atoms with E-state index >= 15 is 0 Å². The molecular formula is C12H15NO7S. The first kappa shape index (κ1) is 17.1. The van der Waals surface area contributed by atoms with Gasteiger partial charge in [-0.1, -0.05) is 6.07 Å². The normalized spacial score (nSPS) is 12.7. The smallest absolute Gasteiger partial charge is 0.337 e. The molecule has 1 aromatic rings. The van der Waals surface area contributed by atoms with Crippen LogP contribution < -0.4 is 4.72 Å². The lowest BCUT2D eigenvalue weighted by atomic mass is 10.2. The van der Waals surface area contributed by atoms with Gasteiger partial charge in [0.2, 0.25) is 10.0 Å². The highest BCUT2D eigenvalue weighted by Crippen LogP contribution is 2.13. The van der Waals surface area contributed by atoms with Crippen LogP contribution in [0.15, 0.2) is 29.2 Å². The molecule has 0 fully saturated rings. The number of carbonyl (C=O) groups excluding carboxylic acids is 1. The first-order valence-corrected chi connectivity index (χ1v) is 7.34. The van der Waals surface area contributed by atoms with E-state index < -0.39 is 34.6 Å². The van der Waals surface area contributed by atoms with Crippen molar-refractivity contribution in [2.24, 2.45) is 0 Å². The fourth-order valence-corrected chi connectivity index (χ4v) is 2.79. The van der Waals surface area contributed by atoms with Gasteiger partial charge in [-0.15, -0.1) is 0 Å². The lowest BCUT2D eigenvalue weighted by Crippen LogP contribution is -2.41. The van der Waals surface area contributed by atoms with E-state index in [1.165, 1.54) is 18.2 Å². The standard InChI is InChI=1S/C12H15NO7S/c1-20-12(17)8-3-2-4-9(7-8)21(18,19)13-10(5-6-14)11(15)16/h2-4,7,10,13-14H,5-6H2,1H3,(H,15,16)/t10-/m0/s1. The SMILES string of the molecule is COC(=O)c1cccc(S(=O)(=O)N[C@@H](CCO)C(=O)O)c1. The zero-order valence-electron chi connectivity index (χ0n) is 11.1. The predicted molar refractivity (Wildman–Crippen MR) is 71.2 cm³/mol. The third-order valence-electron chi connectivity index (χ3n) is 2.58. The summed E-state index contributed by atoms with van der Waals surface area (Å²) < 4.78 is 30.6. The Bertz CT molecular complexity index is 626. The molecule has 1 rings (SSSR count). The third kappa shape index (κ3) is 4.52. The van der Waals surface area contributed by atoms with Gasteiger partial charge in [-0.05, 0) is 24.6 Å². The molecule has 0 bridgehead atoms. The summed E-state index contributed by atoms with van der Waals surface area (Å²) in [6.45, 7) is -0.484. The fourth-order valence-electron chi connectivity index (χ4n) is 1.53. The first-order valence-electron chi connectivity index (χ1n) is 5.86. The summed E-state index contributed by atoms with van der Waals surface area (Å²) in [7, 11) is -2.98. The Morgan fingerprint density at radius 1 is 1.38 bits per heavy atom. The Kier molecular flexibility index (Phi) is 5.82. The number of carboxylic acids is 1. The predicted octanol–water partition coefficient (Wildman–Crippen LogP) is -0.413. The summed E-state index contributed by atoms with van der Waals surface area (Å²) in [5.74, 6) is -2.12. The number of carboxylic acid groups (broad SMARTS) is 1. The molecule has 0 radical (unpaired) electrons. The Morgan fingerprint density at radius 3 is 2.57 bits per heavy atom. The Balaban J connectivity index is 3.07. The molecule has 1 aromatic carbocycles. The average Bonchev–Trinajstić information content (AvgIpc) is 2.45. The molecule has 0 aliphatic carbocycles. The molecule has 0 aliphatic heterocycles. The van der Waals surface area contributed by atoms with Crippen molar-refractivity contribution in [1.29, 1.82) is 0 Å². The van der Waals surface area contributed by atoms with Crippen LogP contribution in [-0.2, 0) is 19.6 Å². The van der Waals surface area contributed by atoms with Crippen molar-refractivity contribution in [2.45, 2.75) is 17.4 Å².